The summed E-state index contributed by atoms with van der Waals surface area (Å²) in [7, 11) is 3.39. The Kier molecular flexibility index (Phi) is 17.1. The fourth-order valence-electron chi connectivity index (χ4n) is 15.6. The number of carbonyl (C=O) groups excluding carboxylic acids is 4. The number of hydrogen-bond acceptors (Lipinski definition) is 15. The number of rotatable bonds is 22. The van der Waals surface area contributed by atoms with E-state index in [1.165, 1.54) is 36.2 Å². The maximum Gasteiger partial charge on any atom is 0.328 e. The third-order valence-corrected chi connectivity index (χ3v) is 19.3. The molecule has 5 aliphatic heterocycles. The summed E-state index contributed by atoms with van der Waals surface area (Å²) < 4.78 is 21.5. The summed E-state index contributed by atoms with van der Waals surface area (Å²) in [6.45, 7) is 15.6. The highest BCUT2D eigenvalue weighted by Crippen LogP contribution is 2.67. The second-order valence-electron chi connectivity index (χ2n) is 24.1. The molecule has 7 unspecified atom stereocenters. The van der Waals surface area contributed by atoms with Gasteiger partial charge in [0, 0.05) is 104 Å². The Bertz CT molecular complexity index is 2730. The predicted molar refractivity (Wildman–Crippen MR) is 296 cm³/mol. The third kappa shape index (κ3) is 10.1. The van der Waals surface area contributed by atoms with Crippen molar-refractivity contribution in [1.82, 2.24) is 20.1 Å². The van der Waals surface area contributed by atoms with Crippen molar-refractivity contribution in [2.45, 2.75) is 184 Å². The van der Waals surface area contributed by atoms with Crippen LogP contribution < -0.4 is 10.2 Å². The maximum absolute atomic E-state index is 15.2. The number of amides is 1. The zero-order valence-corrected chi connectivity index (χ0v) is 47.4. The van der Waals surface area contributed by atoms with E-state index in [1.54, 1.807) is 0 Å². The Morgan fingerprint density at radius 3 is 2.46 bits per heavy atom. The van der Waals surface area contributed by atoms with Crippen LogP contribution in [0.4, 0.5) is 5.69 Å². The molecule has 2 saturated heterocycles. The Morgan fingerprint density at radius 1 is 0.949 bits per heavy atom. The molecule has 1 saturated carbocycles. The average molecular weight is 1080 g/mol. The molecule has 9 rings (SSSR count). The summed E-state index contributed by atoms with van der Waals surface area (Å²) in [5.74, 6) is -1.83. The average Bonchev–Trinajstić information content (AvgIpc) is 3.45. The van der Waals surface area contributed by atoms with E-state index in [2.05, 4.69) is 101 Å². The Balaban J connectivity index is 0.915. The molecule has 2 aromatic carbocycles. The first-order valence-corrected chi connectivity index (χ1v) is 29.0. The predicted octanol–water partition coefficient (Wildman–Crippen LogP) is 5.65. The highest BCUT2D eigenvalue weighted by molar-refractivity contribution is 5.92. The van der Waals surface area contributed by atoms with Crippen molar-refractivity contribution < 1.29 is 58.6 Å². The number of piperidine rings is 1. The van der Waals surface area contributed by atoms with Gasteiger partial charge in [-0.15, -0.1) is 0 Å². The minimum Gasteiger partial charge on any atom is -0.464 e. The Morgan fingerprint density at radius 2 is 1.73 bits per heavy atom. The lowest BCUT2D eigenvalue weighted by atomic mass is 9.47. The number of anilines is 1. The molecule has 3 fully saturated rings. The number of Topliss-reactive ketones (excluding diaryl/α,β-unsaturated/α-hetero) is 1. The van der Waals surface area contributed by atoms with Crippen LogP contribution in [0.2, 0.25) is 0 Å². The third-order valence-electron chi connectivity index (χ3n) is 19.3. The zero-order valence-electron chi connectivity index (χ0n) is 47.4. The smallest absolute Gasteiger partial charge is 0.328 e. The monoisotopic (exact) mass is 1080 g/mol. The van der Waals surface area contributed by atoms with Gasteiger partial charge in [-0.1, -0.05) is 57.2 Å². The SMILES string of the molecule is CCC(CO)OC(COC(=O)CCCC(=O)NC(C)C(=O)OCCCCC(=O)[C@]1(O)C2N(C)c3cc(C)c([C@@]4(C)C[C@@H]5CN(CCc6c4[nH]c4ccccc64)CC(O)(CC)C5)cc3[C@@]23CCN2CC=C[C@](CC)(C23)[C@H]1O)OC. The number of esters is 2. The second kappa shape index (κ2) is 23.0. The van der Waals surface area contributed by atoms with Crippen LogP contribution in [0.25, 0.3) is 10.9 Å². The van der Waals surface area contributed by atoms with Crippen molar-refractivity contribution in [3.05, 3.63) is 76.5 Å². The van der Waals surface area contributed by atoms with E-state index in [0.29, 0.717) is 45.2 Å². The number of para-hydroxylation sites is 1. The molecule has 428 valence electrons. The number of benzene rings is 2. The van der Waals surface area contributed by atoms with Gasteiger partial charge >= 0.3 is 11.9 Å². The number of unbranched alkanes of at least 4 members (excludes halogenated alkanes) is 1. The van der Waals surface area contributed by atoms with Crippen LogP contribution >= 0.6 is 0 Å². The number of likely N-dealkylation sites (N-methyl/N-ethyl adjacent to an activating group) is 1. The van der Waals surface area contributed by atoms with E-state index >= 15 is 4.79 Å². The summed E-state index contributed by atoms with van der Waals surface area (Å²) in [5.41, 5.74) is 2.93. The standard InChI is InChI=1S/C61H87N5O12/c1-9-41(35-67)78-51(75-8)36-77-50(70)22-16-21-49(69)62-39(5)53(71)76-29-15-14-20-48(68)61(74)55-60(25-28-66-26-17-24-59(11-3,54(60)66)56(61)72)45-31-44(38(4)30-47(45)64(55)7)57(6)32-40-33-58(73,10-2)37-65(34-40)27-23-43-42-18-12-13-19-46(42)63-52(43)57/h12-13,17-19,24,30-31,39-41,51,54-56,63,67,72-74H,9-11,14-16,20-23,25-29,32-37H2,1-8H3,(H,62,69)/t39?,40-,41?,51?,54?,55?,56+,57+,58?,59+,60+,61-/m0/s1. The summed E-state index contributed by atoms with van der Waals surface area (Å²) >= 11 is 0. The van der Waals surface area contributed by atoms with E-state index < -0.39 is 81.7 Å². The Labute approximate surface area is 460 Å². The molecule has 13 atom stereocenters. The molecule has 78 heavy (non-hydrogen) atoms. The number of H-pyrrole nitrogens is 1. The van der Waals surface area contributed by atoms with E-state index in [-0.39, 0.29) is 63.9 Å². The van der Waals surface area contributed by atoms with Crippen molar-refractivity contribution in [2.24, 2.45) is 11.3 Å². The first-order valence-electron chi connectivity index (χ1n) is 29.0. The normalized spacial score (nSPS) is 32.2. The minimum absolute atomic E-state index is 0.0183. The molecular formula is C61H87N5O12. The first kappa shape index (κ1) is 58.0. The van der Waals surface area contributed by atoms with Gasteiger partial charge in [0.2, 0.25) is 5.91 Å². The van der Waals surface area contributed by atoms with Gasteiger partial charge in [0.15, 0.2) is 17.7 Å². The topological polar surface area (TPSA) is 224 Å². The first-order chi connectivity index (χ1) is 37.3. The lowest BCUT2D eigenvalue weighted by Crippen LogP contribution is -2.80. The quantitative estimate of drug-likeness (QED) is 0.0310. The number of aliphatic hydroxyl groups is 4. The fourth-order valence-corrected chi connectivity index (χ4v) is 15.6. The van der Waals surface area contributed by atoms with Gasteiger partial charge < -0.3 is 54.6 Å². The van der Waals surface area contributed by atoms with Crippen molar-refractivity contribution in [3.8, 4) is 0 Å². The fraction of sp³-hybridized carbons (Fsp3) is 0.672. The number of aliphatic hydroxyl groups excluding tert-OH is 2. The molecule has 6 N–H and O–H groups in total. The van der Waals surface area contributed by atoms with Crippen LogP contribution in [0, 0.1) is 18.3 Å². The van der Waals surface area contributed by atoms with Crippen LogP contribution in [0.1, 0.15) is 140 Å². The van der Waals surface area contributed by atoms with E-state index in [1.807, 2.05) is 14.0 Å². The summed E-state index contributed by atoms with van der Waals surface area (Å²) in [6.07, 6.45) is 7.02. The molecule has 1 aliphatic carbocycles. The highest BCUT2D eigenvalue weighted by Gasteiger charge is 2.78. The number of hydrogen-bond donors (Lipinski definition) is 6. The molecule has 6 heterocycles. The van der Waals surface area contributed by atoms with Crippen LogP contribution in [0.15, 0.2) is 48.6 Å². The number of methoxy groups -OCH3 is 1. The van der Waals surface area contributed by atoms with E-state index in [0.717, 1.165) is 61.2 Å². The Hall–Kier alpha value is -4.72. The molecule has 17 nitrogen and oxygen atoms in total. The molecule has 2 bridgehead atoms. The van der Waals surface area contributed by atoms with Gasteiger partial charge in [-0.25, -0.2) is 4.79 Å². The van der Waals surface area contributed by atoms with E-state index in [4.69, 9.17) is 18.9 Å². The second-order valence-corrected chi connectivity index (χ2v) is 24.1. The summed E-state index contributed by atoms with van der Waals surface area (Å²) in [4.78, 5) is 64.3. The number of fused-ring (bicyclic) bond motifs is 6. The molecule has 6 aliphatic rings. The number of ketones is 1. The number of aromatic amines is 1. The molecular weight excluding hydrogens is 995 g/mol. The highest BCUT2D eigenvalue weighted by atomic mass is 16.7. The molecule has 17 heteroatoms. The number of aromatic nitrogens is 1. The van der Waals surface area contributed by atoms with Gasteiger partial charge in [0.1, 0.15) is 18.8 Å². The molecule has 1 spiro atoms. The summed E-state index contributed by atoms with van der Waals surface area (Å²) in [6, 6.07) is 11.4. The number of nitrogens with zero attached hydrogens (tertiary/aromatic N) is 3. The number of ether oxygens (including phenoxy) is 4. The van der Waals surface area contributed by atoms with Crippen LogP contribution in [-0.4, -0.2) is 173 Å². The molecule has 1 amide bonds. The van der Waals surface area contributed by atoms with E-state index in [9.17, 15) is 34.8 Å². The van der Waals surface area contributed by atoms with Gasteiger partial charge in [-0.3, -0.25) is 24.2 Å². The largest absolute Gasteiger partial charge is 0.464 e. The number of carbonyl (C=O) groups is 4. The number of aryl methyl sites for hydroxylation is 1. The van der Waals surface area contributed by atoms with Crippen LogP contribution in [-0.2, 0) is 55.4 Å². The van der Waals surface area contributed by atoms with Gasteiger partial charge in [0.05, 0.1) is 31.0 Å². The maximum atomic E-state index is 15.2. The van der Waals surface area contributed by atoms with Crippen molar-refractivity contribution in [2.75, 3.05) is 71.6 Å². The van der Waals surface area contributed by atoms with Gasteiger partial charge in [0.25, 0.3) is 0 Å². The lowest BCUT2D eigenvalue weighted by molar-refractivity contribution is -0.202. The van der Waals surface area contributed by atoms with Gasteiger partial charge in [-0.2, -0.15) is 0 Å². The van der Waals surface area contributed by atoms with Crippen molar-refractivity contribution in [3.63, 3.8) is 0 Å². The molecule has 3 aromatic rings. The number of nitrogens with one attached hydrogen (secondary N) is 2. The van der Waals surface area contributed by atoms with Crippen molar-refractivity contribution in [1.29, 1.82) is 0 Å². The van der Waals surface area contributed by atoms with Crippen LogP contribution in [0.3, 0.4) is 0 Å². The van der Waals surface area contributed by atoms with Crippen LogP contribution in [0.5, 0.6) is 0 Å². The molecule has 0 radical (unpaired) electrons. The van der Waals surface area contributed by atoms with Crippen molar-refractivity contribution >= 4 is 40.2 Å². The zero-order chi connectivity index (χ0) is 56.0. The summed E-state index contributed by atoms with van der Waals surface area (Å²) in [5, 5.41) is 51.8. The molecule has 1 aromatic heterocycles. The lowest BCUT2D eigenvalue weighted by Gasteiger charge is -2.63. The minimum atomic E-state index is -2.17. The van der Waals surface area contributed by atoms with Gasteiger partial charge in [-0.05, 0) is 132 Å².